The second kappa shape index (κ2) is 4.41. The van der Waals surface area contributed by atoms with Crippen LogP contribution in [0.2, 0.25) is 0 Å². The highest BCUT2D eigenvalue weighted by atomic mass is 16.5. The topological polar surface area (TPSA) is 61.0 Å². The van der Waals surface area contributed by atoms with Crippen molar-refractivity contribution in [1.29, 1.82) is 0 Å². The monoisotopic (exact) mass is 229 g/mol. The maximum Gasteiger partial charge on any atom is 0.227 e. The molecule has 1 aromatic carbocycles. The summed E-state index contributed by atoms with van der Waals surface area (Å²) >= 11 is 0. The fourth-order valence-corrected chi connectivity index (χ4v) is 1.44. The molecule has 2 N–H and O–H groups in total. The molecule has 0 aliphatic heterocycles. The van der Waals surface area contributed by atoms with Gasteiger partial charge in [-0.25, -0.2) is 4.98 Å². The van der Waals surface area contributed by atoms with Crippen LogP contribution >= 0.6 is 0 Å². The van der Waals surface area contributed by atoms with E-state index < -0.39 is 0 Å². The molecule has 88 valence electrons. The fourth-order valence-electron chi connectivity index (χ4n) is 1.44. The highest BCUT2D eigenvalue weighted by molar-refractivity contribution is 5.45. The van der Waals surface area contributed by atoms with E-state index >= 15 is 0 Å². The van der Waals surface area contributed by atoms with Gasteiger partial charge in [-0.05, 0) is 32.9 Å². The first kappa shape index (κ1) is 11.4. The lowest BCUT2D eigenvalue weighted by molar-refractivity contribution is 0.456. The smallest absolute Gasteiger partial charge is 0.227 e. The number of nitrogen functional groups attached to an aromatic ring is 1. The lowest BCUT2D eigenvalue weighted by Crippen LogP contribution is -2.02. The third kappa shape index (κ3) is 2.53. The summed E-state index contributed by atoms with van der Waals surface area (Å²) in [5, 5.41) is 0. The van der Waals surface area contributed by atoms with Crippen molar-refractivity contribution in [3.63, 3.8) is 0 Å². The predicted octanol–water partition coefficient (Wildman–Crippen LogP) is 2.78. The van der Waals surface area contributed by atoms with E-state index in [4.69, 9.17) is 10.5 Å². The van der Waals surface area contributed by atoms with E-state index in [1.165, 1.54) is 5.56 Å². The number of aromatic nitrogens is 2. The SMILES string of the molecule is Cc1ccc(Oc2nc(C)nc(N)c2C)cc1. The molecule has 0 fully saturated rings. The zero-order valence-corrected chi connectivity index (χ0v) is 10.2. The molecule has 2 aromatic rings. The van der Waals surface area contributed by atoms with E-state index in [0.717, 1.165) is 11.3 Å². The van der Waals surface area contributed by atoms with E-state index in [-0.39, 0.29) is 0 Å². The van der Waals surface area contributed by atoms with Gasteiger partial charge in [0.15, 0.2) is 0 Å². The first-order valence-electron chi connectivity index (χ1n) is 5.41. The van der Waals surface area contributed by atoms with E-state index in [9.17, 15) is 0 Å². The van der Waals surface area contributed by atoms with Crippen molar-refractivity contribution < 1.29 is 4.74 Å². The normalized spacial score (nSPS) is 10.3. The molecule has 2 rings (SSSR count). The Hall–Kier alpha value is -2.10. The molecule has 4 heteroatoms. The second-order valence-corrected chi connectivity index (χ2v) is 4.00. The Balaban J connectivity index is 2.32. The van der Waals surface area contributed by atoms with Crippen molar-refractivity contribution in [3.8, 4) is 11.6 Å². The molecular weight excluding hydrogens is 214 g/mol. The van der Waals surface area contributed by atoms with Crippen molar-refractivity contribution in [2.75, 3.05) is 5.73 Å². The highest BCUT2D eigenvalue weighted by Crippen LogP contribution is 2.25. The molecule has 0 radical (unpaired) electrons. The van der Waals surface area contributed by atoms with Gasteiger partial charge in [0, 0.05) is 0 Å². The van der Waals surface area contributed by atoms with Crippen LogP contribution in [0.4, 0.5) is 5.82 Å². The molecule has 0 spiro atoms. The van der Waals surface area contributed by atoms with Gasteiger partial charge in [-0.1, -0.05) is 17.7 Å². The average molecular weight is 229 g/mol. The van der Waals surface area contributed by atoms with Crippen LogP contribution in [0.15, 0.2) is 24.3 Å². The molecule has 0 amide bonds. The standard InChI is InChI=1S/C13H15N3O/c1-8-4-6-11(7-5-8)17-13-9(2)12(14)15-10(3)16-13/h4-7H,1-3H3,(H2,14,15,16). The van der Waals surface area contributed by atoms with Crippen LogP contribution in [0.3, 0.4) is 0 Å². The molecule has 0 aliphatic rings. The Morgan fingerprint density at radius 2 is 1.65 bits per heavy atom. The van der Waals surface area contributed by atoms with Gasteiger partial charge < -0.3 is 10.5 Å². The Labute approximate surface area is 100 Å². The predicted molar refractivity (Wildman–Crippen MR) is 67.2 cm³/mol. The quantitative estimate of drug-likeness (QED) is 0.860. The molecule has 0 bridgehead atoms. The summed E-state index contributed by atoms with van der Waals surface area (Å²) in [5.74, 6) is 2.32. The van der Waals surface area contributed by atoms with Crippen LogP contribution < -0.4 is 10.5 Å². The molecule has 4 nitrogen and oxygen atoms in total. The summed E-state index contributed by atoms with van der Waals surface area (Å²) in [6.07, 6.45) is 0. The summed E-state index contributed by atoms with van der Waals surface area (Å²) in [4.78, 5) is 8.31. The summed E-state index contributed by atoms with van der Waals surface area (Å²) < 4.78 is 5.69. The number of aryl methyl sites for hydroxylation is 2. The Morgan fingerprint density at radius 1 is 1.00 bits per heavy atom. The summed E-state index contributed by atoms with van der Waals surface area (Å²) in [5.41, 5.74) is 7.72. The number of anilines is 1. The lowest BCUT2D eigenvalue weighted by Gasteiger charge is -2.09. The van der Waals surface area contributed by atoms with Crippen molar-refractivity contribution in [2.45, 2.75) is 20.8 Å². The van der Waals surface area contributed by atoms with Crippen LogP contribution in [0, 0.1) is 20.8 Å². The Kier molecular flexibility index (Phi) is 2.95. The first-order valence-corrected chi connectivity index (χ1v) is 5.41. The van der Waals surface area contributed by atoms with Crippen LogP contribution in [0.5, 0.6) is 11.6 Å². The molecule has 1 aromatic heterocycles. The molecule has 1 heterocycles. The minimum absolute atomic E-state index is 0.458. The zero-order valence-electron chi connectivity index (χ0n) is 10.2. The van der Waals surface area contributed by atoms with Crippen molar-refractivity contribution in [1.82, 2.24) is 9.97 Å². The molecule has 17 heavy (non-hydrogen) atoms. The maximum atomic E-state index is 5.77. The van der Waals surface area contributed by atoms with Gasteiger partial charge in [0.25, 0.3) is 0 Å². The van der Waals surface area contributed by atoms with Crippen LogP contribution in [0.1, 0.15) is 17.0 Å². The maximum absolute atomic E-state index is 5.77. The Bertz CT molecular complexity index is 535. The number of ether oxygens (including phenoxy) is 1. The van der Waals surface area contributed by atoms with Gasteiger partial charge >= 0.3 is 0 Å². The fraction of sp³-hybridized carbons (Fsp3) is 0.231. The highest BCUT2D eigenvalue weighted by Gasteiger charge is 2.08. The Morgan fingerprint density at radius 3 is 2.29 bits per heavy atom. The summed E-state index contributed by atoms with van der Waals surface area (Å²) in [6, 6.07) is 7.79. The van der Waals surface area contributed by atoms with Crippen LogP contribution in [-0.4, -0.2) is 9.97 Å². The number of hydrogen-bond acceptors (Lipinski definition) is 4. The second-order valence-electron chi connectivity index (χ2n) is 4.00. The van der Waals surface area contributed by atoms with E-state index in [1.54, 1.807) is 6.92 Å². The lowest BCUT2D eigenvalue weighted by atomic mass is 10.2. The van der Waals surface area contributed by atoms with Gasteiger partial charge in [-0.15, -0.1) is 0 Å². The summed E-state index contributed by atoms with van der Waals surface area (Å²) in [6.45, 7) is 5.66. The number of benzene rings is 1. The number of nitrogens with two attached hydrogens (primary N) is 1. The van der Waals surface area contributed by atoms with Gasteiger partial charge in [0.05, 0.1) is 5.56 Å². The minimum atomic E-state index is 0.458. The molecule has 0 unspecified atom stereocenters. The number of rotatable bonds is 2. The third-order valence-corrected chi connectivity index (χ3v) is 2.49. The first-order chi connectivity index (χ1) is 8.06. The molecule has 0 atom stereocenters. The van der Waals surface area contributed by atoms with Crippen LogP contribution in [-0.2, 0) is 0 Å². The zero-order chi connectivity index (χ0) is 12.4. The molecule has 0 aliphatic carbocycles. The van der Waals surface area contributed by atoms with Crippen LogP contribution in [0.25, 0.3) is 0 Å². The van der Waals surface area contributed by atoms with Crippen molar-refractivity contribution in [2.24, 2.45) is 0 Å². The van der Waals surface area contributed by atoms with E-state index in [2.05, 4.69) is 9.97 Å². The van der Waals surface area contributed by atoms with Gasteiger partial charge in [-0.2, -0.15) is 4.98 Å². The molecule has 0 saturated carbocycles. The van der Waals surface area contributed by atoms with E-state index in [0.29, 0.717) is 17.5 Å². The minimum Gasteiger partial charge on any atom is -0.439 e. The number of hydrogen-bond donors (Lipinski definition) is 1. The van der Waals surface area contributed by atoms with Crippen molar-refractivity contribution >= 4 is 5.82 Å². The van der Waals surface area contributed by atoms with Gasteiger partial charge in [0.1, 0.15) is 17.4 Å². The van der Waals surface area contributed by atoms with E-state index in [1.807, 2.05) is 38.1 Å². The third-order valence-electron chi connectivity index (χ3n) is 2.49. The number of nitrogens with zero attached hydrogens (tertiary/aromatic N) is 2. The van der Waals surface area contributed by atoms with Gasteiger partial charge in [-0.3, -0.25) is 0 Å². The summed E-state index contributed by atoms with van der Waals surface area (Å²) in [7, 11) is 0. The van der Waals surface area contributed by atoms with Crippen molar-refractivity contribution in [3.05, 3.63) is 41.2 Å². The molecular formula is C13H15N3O. The molecule has 0 saturated heterocycles. The van der Waals surface area contributed by atoms with Gasteiger partial charge in [0.2, 0.25) is 5.88 Å². The average Bonchev–Trinajstić information content (AvgIpc) is 2.28. The largest absolute Gasteiger partial charge is 0.439 e.